The van der Waals surface area contributed by atoms with Gasteiger partial charge in [-0.3, -0.25) is 4.98 Å². The number of aryl methyl sites for hydroxylation is 1. The van der Waals surface area contributed by atoms with E-state index in [0.717, 1.165) is 10.6 Å². The number of nitrogens with zero attached hydrogens (tertiary/aromatic N) is 4. The van der Waals surface area contributed by atoms with Gasteiger partial charge in [0.05, 0.1) is 21.8 Å². The average molecular weight is 394 g/mol. The van der Waals surface area contributed by atoms with Crippen molar-refractivity contribution in [3.05, 3.63) is 71.7 Å². The third-order valence-corrected chi connectivity index (χ3v) is 5.36. The van der Waals surface area contributed by atoms with Crippen LogP contribution in [-0.2, 0) is 5.92 Å². The monoisotopic (exact) mass is 394 g/mol. The quantitative estimate of drug-likeness (QED) is 0.413. The van der Waals surface area contributed by atoms with Crippen LogP contribution in [0.5, 0.6) is 0 Å². The summed E-state index contributed by atoms with van der Waals surface area (Å²) in [6.07, 6.45) is 1.62. The molecule has 5 rings (SSSR count). The molecule has 0 aliphatic rings. The second-order valence-electron chi connectivity index (χ2n) is 6.39. The fraction of sp³-hybridized carbons (Fsp3) is 0.100. The molecule has 5 nitrogen and oxygen atoms in total. The predicted octanol–water partition coefficient (Wildman–Crippen LogP) is 5.34. The number of benzene rings is 1. The first-order chi connectivity index (χ1) is 13.5. The summed E-state index contributed by atoms with van der Waals surface area (Å²) in [4.78, 5) is 9.36. The molecule has 4 aromatic heterocycles. The van der Waals surface area contributed by atoms with E-state index in [0.29, 0.717) is 16.6 Å². The van der Waals surface area contributed by atoms with Crippen molar-refractivity contribution in [2.75, 3.05) is 0 Å². The number of fused-ring (bicyclic) bond motifs is 2. The minimum atomic E-state index is -3.37. The van der Waals surface area contributed by atoms with Crippen LogP contribution in [0, 0.1) is 6.92 Å². The Kier molecular flexibility index (Phi) is 3.70. The maximum absolute atomic E-state index is 15.3. The zero-order chi connectivity index (χ0) is 19.3. The Morgan fingerprint density at radius 3 is 2.79 bits per heavy atom. The van der Waals surface area contributed by atoms with E-state index >= 15 is 8.78 Å². The van der Waals surface area contributed by atoms with Crippen molar-refractivity contribution in [2.24, 2.45) is 0 Å². The summed E-state index contributed by atoms with van der Waals surface area (Å²) in [5.74, 6) is -3.37. The summed E-state index contributed by atoms with van der Waals surface area (Å²) < 4.78 is 40.0. The summed E-state index contributed by atoms with van der Waals surface area (Å²) in [6, 6.07) is 13.0. The van der Waals surface area contributed by atoms with Crippen molar-refractivity contribution in [1.82, 2.24) is 19.5 Å². The minimum absolute atomic E-state index is 0.0415. The Morgan fingerprint density at radius 1 is 1.07 bits per heavy atom. The molecule has 0 aliphatic carbocycles. The molecule has 8 heteroatoms. The van der Waals surface area contributed by atoms with Gasteiger partial charge in [0.25, 0.3) is 0 Å². The molecule has 28 heavy (non-hydrogen) atoms. The molecule has 0 saturated carbocycles. The molecule has 0 unspecified atom stereocenters. The van der Waals surface area contributed by atoms with Gasteiger partial charge in [0.1, 0.15) is 5.52 Å². The Hall–Kier alpha value is -3.26. The van der Waals surface area contributed by atoms with E-state index in [4.69, 9.17) is 4.52 Å². The highest BCUT2D eigenvalue weighted by Crippen LogP contribution is 2.39. The van der Waals surface area contributed by atoms with Crippen molar-refractivity contribution in [2.45, 2.75) is 12.8 Å². The molecular weight excluding hydrogens is 382 g/mol. The molecular formula is C20H12F2N4OS. The van der Waals surface area contributed by atoms with Crippen molar-refractivity contribution in [3.63, 3.8) is 0 Å². The van der Waals surface area contributed by atoms with Crippen LogP contribution in [0.1, 0.15) is 17.0 Å². The highest BCUT2D eigenvalue weighted by atomic mass is 32.1. The third-order valence-electron chi connectivity index (χ3n) is 4.46. The molecule has 5 aromatic rings. The van der Waals surface area contributed by atoms with E-state index in [-0.39, 0.29) is 16.7 Å². The normalized spacial score (nSPS) is 12.1. The van der Waals surface area contributed by atoms with E-state index < -0.39 is 11.6 Å². The zero-order valence-corrected chi connectivity index (χ0v) is 15.4. The minimum Gasteiger partial charge on any atom is -0.354 e. The van der Waals surface area contributed by atoms with Crippen LogP contribution < -0.4 is 0 Å². The standard InChI is InChI=1S/C20H12F2N4OS/c1-11-9-17(28-26-11)15-6-7-16-18(24-15)19(25-27-16)20(21,22)13-4-5-14-12(10-13)3-2-8-23-14/h2-10H,1H3. The van der Waals surface area contributed by atoms with Gasteiger partial charge in [-0.15, -0.1) is 0 Å². The lowest BCUT2D eigenvalue weighted by Gasteiger charge is -2.14. The lowest BCUT2D eigenvalue weighted by molar-refractivity contribution is 0.0361. The van der Waals surface area contributed by atoms with Crippen molar-refractivity contribution in [3.8, 4) is 10.6 Å². The van der Waals surface area contributed by atoms with Crippen LogP contribution in [-0.4, -0.2) is 19.5 Å². The second kappa shape index (κ2) is 6.13. The van der Waals surface area contributed by atoms with E-state index in [1.807, 2.05) is 13.0 Å². The molecule has 0 amide bonds. The topological polar surface area (TPSA) is 64.7 Å². The van der Waals surface area contributed by atoms with Crippen LogP contribution >= 0.6 is 11.5 Å². The average Bonchev–Trinajstić information content (AvgIpc) is 3.33. The molecule has 0 fully saturated rings. The number of pyridine rings is 2. The lowest BCUT2D eigenvalue weighted by atomic mass is 10.0. The molecule has 138 valence electrons. The Bertz CT molecular complexity index is 1330. The molecule has 0 bridgehead atoms. The maximum Gasteiger partial charge on any atom is 0.320 e. The number of alkyl halides is 2. The van der Waals surface area contributed by atoms with Crippen molar-refractivity contribution in [1.29, 1.82) is 0 Å². The molecule has 0 aliphatic heterocycles. The fourth-order valence-electron chi connectivity index (χ4n) is 3.06. The van der Waals surface area contributed by atoms with E-state index in [2.05, 4.69) is 19.5 Å². The first kappa shape index (κ1) is 16.9. The fourth-order valence-corrected chi connectivity index (χ4v) is 3.79. The van der Waals surface area contributed by atoms with E-state index in [1.54, 1.807) is 36.5 Å². The summed E-state index contributed by atoms with van der Waals surface area (Å²) in [5.41, 5.74) is 1.61. The highest BCUT2D eigenvalue weighted by molar-refractivity contribution is 7.09. The lowest BCUT2D eigenvalue weighted by Crippen LogP contribution is -2.16. The smallest absolute Gasteiger partial charge is 0.320 e. The van der Waals surface area contributed by atoms with Gasteiger partial charge in [-0.1, -0.05) is 17.3 Å². The molecule has 0 atom stereocenters. The van der Waals surface area contributed by atoms with Crippen LogP contribution in [0.3, 0.4) is 0 Å². The zero-order valence-electron chi connectivity index (χ0n) is 14.6. The van der Waals surface area contributed by atoms with Crippen LogP contribution in [0.4, 0.5) is 8.78 Å². The molecule has 0 saturated heterocycles. The van der Waals surface area contributed by atoms with Gasteiger partial charge in [-0.05, 0) is 54.9 Å². The number of hydrogen-bond acceptors (Lipinski definition) is 6. The van der Waals surface area contributed by atoms with Gasteiger partial charge in [0.2, 0.25) is 0 Å². The number of halogens is 2. The first-order valence-corrected chi connectivity index (χ1v) is 9.23. The number of aromatic nitrogens is 4. The van der Waals surface area contributed by atoms with Crippen LogP contribution in [0.15, 0.2) is 59.3 Å². The summed E-state index contributed by atoms with van der Waals surface area (Å²) in [5, 5.41) is 4.27. The van der Waals surface area contributed by atoms with E-state index in [1.165, 1.54) is 23.7 Å². The van der Waals surface area contributed by atoms with Crippen molar-refractivity contribution < 1.29 is 13.3 Å². The molecule has 0 N–H and O–H groups in total. The van der Waals surface area contributed by atoms with Gasteiger partial charge in [-0.2, -0.15) is 13.2 Å². The van der Waals surface area contributed by atoms with E-state index in [9.17, 15) is 0 Å². The molecule has 1 aromatic carbocycles. The van der Waals surface area contributed by atoms with Gasteiger partial charge >= 0.3 is 5.92 Å². The van der Waals surface area contributed by atoms with Gasteiger partial charge in [0.15, 0.2) is 11.3 Å². The predicted molar refractivity (Wildman–Crippen MR) is 102 cm³/mol. The Balaban J connectivity index is 1.65. The third kappa shape index (κ3) is 2.65. The second-order valence-corrected chi connectivity index (χ2v) is 7.20. The van der Waals surface area contributed by atoms with Gasteiger partial charge < -0.3 is 4.52 Å². The summed E-state index contributed by atoms with van der Waals surface area (Å²) in [7, 11) is 0. The first-order valence-electron chi connectivity index (χ1n) is 8.46. The van der Waals surface area contributed by atoms with Crippen LogP contribution in [0.25, 0.3) is 32.6 Å². The van der Waals surface area contributed by atoms with Crippen LogP contribution in [0.2, 0.25) is 0 Å². The summed E-state index contributed by atoms with van der Waals surface area (Å²) in [6.45, 7) is 1.87. The molecule has 0 radical (unpaired) electrons. The van der Waals surface area contributed by atoms with Crippen molar-refractivity contribution >= 4 is 33.5 Å². The highest BCUT2D eigenvalue weighted by Gasteiger charge is 2.40. The number of hydrogen-bond donors (Lipinski definition) is 0. The Morgan fingerprint density at radius 2 is 1.96 bits per heavy atom. The van der Waals surface area contributed by atoms with Gasteiger partial charge in [0, 0.05) is 17.1 Å². The van der Waals surface area contributed by atoms with Gasteiger partial charge in [-0.25, -0.2) is 4.98 Å². The SMILES string of the molecule is Cc1cc(-c2ccc3onc(C(F)(F)c4ccc5ncccc5c4)c3n2)sn1. The molecule has 4 heterocycles. The largest absolute Gasteiger partial charge is 0.354 e. The maximum atomic E-state index is 15.3. The number of rotatable bonds is 3. The summed E-state index contributed by atoms with van der Waals surface area (Å²) >= 11 is 1.27. The molecule has 0 spiro atoms. The Labute approximate surface area is 161 Å².